The van der Waals surface area contributed by atoms with Gasteiger partial charge in [-0.05, 0) is 81.6 Å². The number of amides is 2. The number of likely N-dealkylation sites (N-methyl/N-ethyl adjacent to an activating group) is 1. The fourth-order valence-corrected chi connectivity index (χ4v) is 6.83. The van der Waals surface area contributed by atoms with Crippen LogP contribution in [-0.2, 0) is 14.8 Å². The Bertz CT molecular complexity index is 1720. The molecule has 4 aromatic rings. The van der Waals surface area contributed by atoms with Crippen LogP contribution in [0.2, 0.25) is 0 Å². The third-order valence-electron chi connectivity index (χ3n) is 6.74. The van der Waals surface area contributed by atoms with Crippen molar-refractivity contribution in [3.63, 3.8) is 0 Å². The monoisotopic (exact) mass is 576 g/mol. The van der Waals surface area contributed by atoms with Crippen LogP contribution in [0.3, 0.4) is 0 Å². The highest BCUT2D eigenvalue weighted by Gasteiger charge is 2.22. The van der Waals surface area contributed by atoms with E-state index in [1.807, 2.05) is 65.0 Å². The molecule has 0 saturated heterocycles. The van der Waals surface area contributed by atoms with Gasteiger partial charge in [-0.3, -0.25) is 9.59 Å². The van der Waals surface area contributed by atoms with Crippen LogP contribution in [0.1, 0.15) is 39.5 Å². The number of nitrogens with zero attached hydrogens (tertiary/aromatic N) is 3. The Morgan fingerprint density at radius 2 is 1.68 bits per heavy atom. The summed E-state index contributed by atoms with van der Waals surface area (Å²) in [4.78, 5) is 25.6. The van der Waals surface area contributed by atoms with Crippen LogP contribution in [0.25, 0.3) is 16.6 Å². The molecular weight excluding hydrogens is 540 g/mol. The number of anilines is 1. The molecule has 1 heterocycles. The van der Waals surface area contributed by atoms with Gasteiger partial charge in [0.1, 0.15) is 0 Å². The molecule has 2 amide bonds. The molecule has 11 heteroatoms. The first-order chi connectivity index (χ1) is 19.3. The molecule has 0 radical (unpaired) electrons. The van der Waals surface area contributed by atoms with E-state index in [0.29, 0.717) is 33.8 Å². The number of rotatable bonds is 10. The average molecular weight is 577 g/mol. The number of fused-ring (bicyclic) bond motifs is 1. The molecule has 10 nitrogen and oxygen atoms in total. The van der Waals surface area contributed by atoms with Crippen molar-refractivity contribution in [2.75, 3.05) is 25.5 Å². The highest BCUT2D eigenvalue weighted by molar-refractivity contribution is 7.89. The van der Waals surface area contributed by atoms with E-state index in [9.17, 15) is 18.0 Å². The minimum atomic E-state index is -3.71. The third kappa shape index (κ3) is 6.58. The first-order valence-corrected chi connectivity index (χ1v) is 14.7. The van der Waals surface area contributed by atoms with Crippen molar-refractivity contribution in [2.24, 2.45) is 5.73 Å². The van der Waals surface area contributed by atoms with Crippen molar-refractivity contribution in [3.8, 4) is 5.69 Å². The number of hydrogen-bond acceptors (Lipinski definition) is 6. The van der Waals surface area contributed by atoms with E-state index in [1.54, 1.807) is 29.1 Å². The number of sulfonamides is 1. The Morgan fingerprint density at radius 3 is 2.34 bits per heavy atom. The zero-order valence-electron chi connectivity index (χ0n) is 24.1. The molecule has 4 rings (SSSR count). The minimum absolute atomic E-state index is 0.180. The van der Waals surface area contributed by atoms with E-state index in [2.05, 4.69) is 15.1 Å². The lowest BCUT2D eigenvalue weighted by Crippen LogP contribution is -2.38. The predicted molar refractivity (Wildman–Crippen MR) is 161 cm³/mol. The number of aromatic nitrogens is 2. The van der Waals surface area contributed by atoms with Crippen LogP contribution in [-0.4, -0.2) is 61.1 Å². The van der Waals surface area contributed by atoms with Crippen LogP contribution in [0.15, 0.2) is 59.6 Å². The smallest absolute Gasteiger partial charge is 0.254 e. The van der Waals surface area contributed by atoms with Gasteiger partial charge in [0.05, 0.1) is 28.8 Å². The summed E-state index contributed by atoms with van der Waals surface area (Å²) in [6.45, 7) is 9.52. The lowest BCUT2D eigenvalue weighted by Gasteiger charge is -2.19. The van der Waals surface area contributed by atoms with Gasteiger partial charge in [0.25, 0.3) is 5.91 Å². The van der Waals surface area contributed by atoms with Crippen molar-refractivity contribution >= 4 is 38.4 Å². The van der Waals surface area contributed by atoms with Gasteiger partial charge in [0.15, 0.2) is 0 Å². The lowest BCUT2D eigenvalue weighted by atomic mass is 10.1. The maximum atomic E-state index is 13.2. The fourth-order valence-electron chi connectivity index (χ4n) is 5.13. The molecule has 0 spiro atoms. The number of hydrogen-bond donors (Lipinski definition) is 3. The molecule has 0 aliphatic heterocycles. The summed E-state index contributed by atoms with van der Waals surface area (Å²) in [6, 6.07) is 14.3. The normalized spacial score (nSPS) is 12.3. The van der Waals surface area contributed by atoms with E-state index in [4.69, 9.17) is 5.73 Å². The number of primary amides is 1. The number of nitrogens with two attached hydrogens (primary N) is 1. The highest BCUT2D eigenvalue weighted by Crippen LogP contribution is 2.28. The largest absolute Gasteiger partial charge is 0.383 e. The molecule has 41 heavy (non-hydrogen) atoms. The molecule has 0 fully saturated rings. The second-order valence-electron chi connectivity index (χ2n) is 10.6. The van der Waals surface area contributed by atoms with Crippen molar-refractivity contribution in [2.45, 2.75) is 45.6 Å². The second kappa shape index (κ2) is 11.7. The van der Waals surface area contributed by atoms with Crippen molar-refractivity contribution in [3.05, 3.63) is 82.5 Å². The highest BCUT2D eigenvalue weighted by atomic mass is 32.2. The first-order valence-electron chi connectivity index (χ1n) is 13.2. The number of carbonyl (C=O) groups excluding carboxylic acids is 2. The van der Waals surface area contributed by atoms with E-state index < -0.39 is 22.0 Å². The summed E-state index contributed by atoms with van der Waals surface area (Å²) in [5.41, 5.74) is 11.4. The minimum Gasteiger partial charge on any atom is -0.383 e. The summed E-state index contributed by atoms with van der Waals surface area (Å²) in [6.07, 6.45) is 1.73. The van der Waals surface area contributed by atoms with Gasteiger partial charge in [0, 0.05) is 36.3 Å². The first kappa shape index (κ1) is 29.8. The molecule has 0 bridgehead atoms. The van der Waals surface area contributed by atoms with Crippen molar-refractivity contribution in [1.82, 2.24) is 19.4 Å². The number of nitrogens with one attached hydrogen (secondary N) is 2. The molecular formula is C30H36N6O4S. The van der Waals surface area contributed by atoms with Crippen LogP contribution in [0, 0.1) is 27.7 Å². The van der Waals surface area contributed by atoms with E-state index >= 15 is 0 Å². The maximum absolute atomic E-state index is 13.2. The summed E-state index contributed by atoms with van der Waals surface area (Å²) >= 11 is 0. The molecule has 4 N–H and O–H groups in total. The standard InChI is InChI=1S/C30H36N6O4S/c1-18-10-20(3)29(21(4)11-18)41(39,40)34-22(5)15-32-26-12-19(2)13-27-25(26)16-33-36(27)24-9-7-8-23(14-24)30(38)35(6)17-28(31)37/h7-14,16,22,32,34H,15,17H2,1-6H3,(H2,31,37)/t22-/m0/s1. The van der Waals surface area contributed by atoms with E-state index in [1.165, 1.54) is 11.9 Å². The van der Waals surface area contributed by atoms with Gasteiger partial charge < -0.3 is 16.0 Å². The van der Waals surface area contributed by atoms with Crippen LogP contribution < -0.4 is 15.8 Å². The number of benzene rings is 3. The second-order valence-corrected chi connectivity index (χ2v) is 12.3. The molecule has 0 unspecified atom stereocenters. The van der Waals surface area contributed by atoms with Gasteiger partial charge in [-0.15, -0.1) is 0 Å². The van der Waals surface area contributed by atoms with Crippen molar-refractivity contribution < 1.29 is 18.0 Å². The molecule has 1 atom stereocenters. The zero-order chi connectivity index (χ0) is 30.1. The molecule has 3 aromatic carbocycles. The Labute approximate surface area is 240 Å². The zero-order valence-corrected chi connectivity index (χ0v) is 25.0. The molecule has 1 aromatic heterocycles. The van der Waals surface area contributed by atoms with Crippen LogP contribution >= 0.6 is 0 Å². The topological polar surface area (TPSA) is 139 Å². The molecule has 216 valence electrons. The van der Waals surface area contributed by atoms with Gasteiger partial charge >= 0.3 is 0 Å². The maximum Gasteiger partial charge on any atom is 0.254 e. The fraction of sp³-hybridized carbons (Fsp3) is 0.300. The lowest BCUT2D eigenvalue weighted by molar-refractivity contribution is -0.118. The van der Waals surface area contributed by atoms with Gasteiger partial charge in [-0.1, -0.05) is 23.8 Å². The average Bonchev–Trinajstić information content (AvgIpc) is 3.29. The SMILES string of the molecule is Cc1cc(C)c(S(=O)(=O)N[C@@H](C)CNc2cc(C)cc3c2cnn3-c2cccc(C(=O)N(C)CC(N)=O)c2)c(C)c1. The number of aryl methyl sites for hydroxylation is 4. The molecule has 0 aliphatic carbocycles. The molecule has 0 aliphatic rings. The number of carbonyl (C=O) groups is 2. The van der Waals surface area contributed by atoms with Gasteiger partial charge in [-0.25, -0.2) is 17.8 Å². The van der Waals surface area contributed by atoms with Crippen LogP contribution in [0.5, 0.6) is 0 Å². The summed E-state index contributed by atoms with van der Waals surface area (Å²) in [7, 11) is -2.19. The summed E-state index contributed by atoms with van der Waals surface area (Å²) in [5, 5.41) is 8.81. The Kier molecular flexibility index (Phi) is 8.50. The van der Waals surface area contributed by atoms with Gasteiger partial charge in [0.2, 0.25) is 15.9 Å². The third-order valence-corrected chi connectivity index (χ3v) is 8.63. The molecule has 0 saturated carbocycles. The predicted octanol–water partition coefficient (Wildman–Crippen LogP) is 3.60. The van der Waals surface area contributed by atoms with Crippen molar-refractivity contribution in [1.29, 1.82) is 0 Å². The van der Waals surface area contributed by atoms with Gasteiger partial charge in [-0.2, -0.15) is 5.10 Å². The quantitative estimate of drug-likeness (QED) is 0.264. The Balaban J connectivity index is 1.56. The summed E-state index contributed by atoms with van der Waals surface area (Å²) in [5.74, 6) is -0.916. The Hall–Kier alpha value is -4.22. The van der Waals surface area contributed by atoms with E-state index in [-0.39, 0.29) is 12.5 Å². The summed E-state index contributed by atoms with van der Waals surface area (Å²) < 4.78 is 30.9. The Morgan fingerprint density at radius 1 is 1.02 bits per heavy atom. The van der Waals surface area contributed by atoms with E-state index in [0.717, 1.165) is 27.7 Å². The van der Waals surface area contributed by atoms with Crippen LogP contribution in [0.4, 0.5) is 5.69 Å².